The summed E-state index contributed by atoms with van der Waals surface area (Å²) in [5, 5.41) is 10.4. The van der Waals surface area contributed by atoms with Gasteiger partial charge in [0.2, 0.25) is 5.91 Å². The van der Waals surface area contributed by atoms with Crippen molar-refractivity contribution in [3.05, 3.63) is 23.7 Å². The third-order valence-corrected chi connectivity index (χ3v) is 6.07. The van der Waals surface area contributed by atoms with Crippen LogP contribution in [0.5, 0.6) is 11.5 Å². The van der Waals surface area contributed by atoms with Gasteiger partial charge < -0.3 is 14.8 Å². The maximum atomic E-state index is 12.3. The number of carbonyl (C=O) groups excluding carboxylic acids is 1. The van der Waals surface area contributed by atoms with Crippen molar-refractivity contribution in [3.63, 3.8) is 0 Å². The van der Waals surface area contributed by atoms with Gasteiger partial charge >= 0.3 is 0 Å². The Labute approximate surface area is 148 Å². The van der Waals surface area contributed by atoms with Crippen molar-refractivity contribution in [3.8, 4) is 11.5 Å². The molecule has 0 radical (unpaired) electrons. The van der Waals surface area contributed by atoms with Crippen LogP contribution in [-0.2, 0) is 4.79 Å². The number of nitrogens with one attached hydrogen (secondary N) is 1. The number of thioether (sulfide) groups is 1. The molecular formula is C16H17N3O3S2. The van der Waals surface area contributed by atoms with Crippen LogP contribution in [0, 0.1) is 0 Å². The lowest BCUT2D eigenvalue weighted by atomic mass is 10.2. The van der Waals surface area contributed by atoms with Gasteiger partial charge in [-0.1, -0.05) is 23.1 Å². The maximum Gasteiger partial charge on any atom is 0.251 e. The Kier molecular flexibility index (Phi) is 4.09. The molecule has 1 amide bonds. The molecule has 0 saturated heterocycles. The van der Waals surface area contributed by atoms with Gasteiger partial charge in [0.15, 0.2) is 15.8 Å². The molecule has 1 aliphatic heterocycles. The van der Waals surface area contributed by atoms with Gasteiger partial charge in [-0.2, -0.15) is 0 Å². The number of fused-ring (bicyclic) bond motifs is 1. The second-order valence-corrected chi connectivity index (χ2v) is 8.36. The van der Waals surface area contributed by atoms with E-state index in [9.17, 15) is 4.79 Å². The summed E-state index contributed by atoms with van der Waals surface area (Å²) in [6.45, 7) is 1.85. The summed E-state index contributed by atoms with van der Waals surface area (Å²) in [6.07, 6.45) is 4.08. The molecule has 1 fully saturated rings. The standard InChI is InChI=1S/C16H17N3O3S2/c1-10(24-15-19-17-9-23-15)14(20)18-11-4-5-12-13(8-11)22-16(21-12)6-2-3-7-16/h4-5,8-10H,2-3,6-7H2,1H3,(H,18,20). The highest BCUT2D eigenvalue weighted by atomic mass is 32.2. The largest absolute Gasteiger partial charge is 0.448 e. The quantitative estimate of drug-likeness (QED) is 0.835. The zero-order valence-electron chi connectivity index (χ0n) is 13.2. The van der Waals surface area contributed by atoms with Gasteiger partial charge in [-0.25, -0.2) is 0 Å². The smallest absolute Gasteiger partial charge is 0.251 e. The molecular weight excluding hydrogens is 346 g/mol. The van der Waals surface area contributed by atoms with Crippen LogP contribution in [0.1, 0.15) is 32.6 Å². The number of ether oxygens (including phenoxy) is 2. The highest BCUT2D eigenvalue weighted by Crippen LogP contribution is 2.47. The minimum absolute atomic E-state index is 0.0790. The van der Waals surface area contributed by atoms with E-state index in [-0.39, 0.29) is 11.2 Å². The summed E-state index contributed by atoms with van der Waals surface area (Å²) in [4.78, 5) is 12.3. The Morgan fingerprint density at radius 2 is 2.12 bits per heavy atom. The molecule has 8 heteroatoms. The van der Waals surface area contributed by atoms with E-state index < -0.39 is 5.79 Å². The second kappa shape index (κ2) is 6.25. The molecule has 24 heavy (non-hydrogen) atoms. The number of benzene rings is 1. The first kappa shape index (κ1) is 15.7. The van der Waals surface area contributed by atoms with E-state index in [0.717, 1.165) is 35.8 Å². The van der Waals surface area contributed by atoms with Crippen molar-refractivity contribution in [2.45, 2.75) is 48.0 Å². The maximum absolute atomic E-state index is 12.3. The molecule has 1 saturated carbocycles. The van der Waals surface area contributed by atoms with Crippen molar-refractivity contribution in [1.82, 2.24) is 10.2 Å². The molecule has 1 atom stereocenters. The fraction of sp³-hybridized carbons (Fsp3) is 0.438. The summed E-state index contributed by atoms with van der Waals surface area (Å²) in [5.74, 6) is 0.904. The number of hydrogen-bond acceptors (Lipinski definition) is 7. The highest BCUT2D eigenvalue weighted by Gasteiger charge is 2.44. The number of rotatable bonds is 4. The van der Waals surface area contributed by atoms with Crippen LogP contribution in [0.4, 0.5) is 5.69 Å². The molecule has 1 unspecified atom stereocenters. The third-order valence-electron chi connectivity index (χ3n) is 4.16. The van der Waals surface area contributed by atoms with E-state index in [4.69, 9.17) is 9.47 Å². The monoisotopic (exact) mass is 363 g/mol. The van der Waals surface area contributed by atoms with Crippen molar-refractivity contribution in [2.24, 2.45) is 0 Å². The van der Waals surface area contributed by atoms with Crippen LogP contribution in [-0.4, -0.2) is 27.1 Å². The zero-order chi connectivity index (χ0) is 16.6. The van der Waals surface area contributed by atoms with Crippen LogP contribution in [0.15, 0.2) is 28.0 Å². The Balaban J connectivity index is 1.42. The number of hydrogen-bond donors (Lipinski definition) is 1. The Morgan fingerprint density at radius 1 is 1.33 bits per heavy atom. The Hall–Kier alpha value is -1.80. The van der Waals surface area contributed by atoms with Gasteiger partial charge in [0.05, 0.1) is 5.25 Å². The number of amides is 1. The molecule has 2 aliphatic rings. The minimum atomic E-state index is -0.480. The molecule has 1 spiro atoms. The van der Waals surface area contributed by atoms with Gasteiger partial charge in [0, 0.05) is 24.6 Å². The van der Waals surface area contributed by atoms with E-state index in [0.29, 0.717) is 11.4 Å². The average Bonchev–Trinajstić information content (AvgIpc) is 3.28. The predicted molar refractivity (Wildman–Crippen MR) is 92.8 cm³/mol. The van der Waals surface area contributed by atoms with Gasteiger partial charge in [-0.15, -0.1) is 10.2 Å². The zero-order valence-corrected chi connectivity index (χ0v) is 14.8. The van der Waals surface area contributed by atoms with Crippen LogP contribution >= 0.6 is 23.1 Å². The lowest BCUT2D eigenvalue weighted by Crippen LogP contribution is -2.34. The first-order valence-electron chi connectivity index (χ1n) is 7.89. The Bertz CT molecular complexity index is 745. The molecule has 1 aromatic carbocycles. The summed E-state index contributed by atoms with van der Waals surface area (Å²) in [6, 6.07) is 5.54. The van der Waals surface area contributed by atoms with E-state index in [1.165, 1.54) is 23.1 Å². The fourth-order valence-corrected chi connectivity index (χ4v) is 4.58. The van der Waals surface area contributed by atoms with E-state index in [1.54, 1.807) is 5.51 Å². The molecule has 6 nitrogen and oxygen atoms in total. The molecule has 0 bridgehead atoms. The molecule has 1 aromatic heterocycles. The highest BCUT2D eigenvalue weighted by molar-refractivity contribution is 8.02. The number of nitrogens with zero attached hydrogens (tertiary/aromatic N) is 2. The molecule has 1 aliphatic carbocycles. The minimum Gasteiger partial charge on any atom is -0.448 e. The van der Waals surface area contributed by atoms with Crippen molar-refractivity contribution in [2.75, 3.05) is 5.32 Å². The van der Waals surface area contributed by atoms with Crippen molar-refractivity contribution in [1.29, 1.82) is 0 Å². The molecule has 2 heterocycles. The fourth-order valence-electron chi connectivity index (χ4n) is 2.95. The van der Waals surface area contributed by atoms with Gasteiger partial charge in [0.1, 0.15) is 5.51 Å². The van der Waals surface area contributed by atoms with Crippen molar-refractivity contribution < 1.29 is 14.3 Å². The summed E-state index contributed by atoms with van der Waals surface area (Å²) < 4.78 is 12.8. The van der Waals surface area contributed by atoms with Crippen LogP contribution < -0.4 is 14.8 Å². The normalized spacial score (nSPS) is 18.7. The molecule has 1 N–H and O–H groups in total. The predicted octanol–water partition coefficient (Wildman–Crippen LogP) is 3.70. The number of anilines is 1. The van der Waals surface area contributed by atoms with Gasteiger partial charge in [-0.05, 0) is 31.9 Å². The van der Waals surface area contributed by atoms with E-state index >= 15 is 0 Å². The first-order valence-corrected chi connectivity index (χ1v) is 9.65. The number of aromatic nitrogens is 2. The van der Waals surface area contributed by atoms with Crippen LogP contribution in [0.2, 0.25) is 0 Å². The molecule has 2 aromatic rings. The summed E-state index contributed by atoms with van der Waals surface area (Å²) >= 11 is 2.82. The first-order chi connectivity index (χ1) is 11.6. The second-order valence-electron chi connectivity index (χ2n) is 5.94. The van der Waals surface area contributed by atoms with E-state index in [1.807, 2.05) is 25.1 Å². The lowest BCUT2D eigenvalue weighted by molar-refractivity contribution is -0.115. The average molecular weight is 363 g/mol. The summed E-state index contributed by atoms with van der Waals surface area (Å²) in [5.41, 5.74) is 2.37. The lowest BCUT2D eigenvalue weighted by Gasteiger charge is -2.21. The molecule has 4 rings (SSSR count). The Morgan fingerprint density at radius 3 is 2.88 bits per heavy atom. The van der Waals surface area contributed by atoms with Gasteiger partial charge in [-0.3, -0.25) is 4.79 Å². The van der Waals surface area contributed by atoms with Crippen molar-refractivity contribution >= 4 is 34.7 Å². The third kappa shape index (κ3) is 3.08. The van der Waals surface area contributed by atoms with E-state index in [2.05, 4.69) is 15.5 Å². The van der Waals surface area contributed by atoms with Crippen LogP contribution in [0.25, 0.3) is 0 Å². The van der Waals surface area contributed by atoms with Gasteiger partial charge in [0.25, 0.3) is 5.79 Å². The van der Waals surface area contributed by atoms with Crippen LogP contribution in [0.3, 0.4) is 0 Å². The summed E-state index contributed by atoms with van der Waals surface area (Å²) in [7, 11) is 0. The number of carbonyl (C=O) groups is 1. The molecule has 126 valence electrons. The SMILES string of the molecule is CC(Sc1nncs1)C(=O)Nc1ccc2c(c1)OC1(CCCC1)O2. The topological polar surface area (TPSA) is 73.3 Å².